The van der Waals surface area contributed by atoms with E-state index in [0.717, 1.165) is 10.5 Å². The van der Waals surface area contributed by atoms with Crippen molar-refractivity contribution in [2.75, 3.05) is 13.1 Å². The average molecular weight is 437 g/mol. The fraction of sp³-hybridized carbons (Fsp3) is 0.294. The highest BCUT2D eigenvalue weighted by atomic mass is 32.2. The number of pyridine rings is 1. The Kier molecular flexibility index (Phi) is 4.85. The predicted molar refractivity (Wildman–Crippen MR) is 101 cm³/mol. The Morgan fingerprint density at radius 3 is 2.67 bits per heavy atom. The van der Waals surface area contributed by atoms with E-state index >= 15 is 0 Å². The molecule has 11 nitrogen and oxygen atoms in total. The summed E-state index contributed by atoms with van der Waals surface area (Å²) >= 11 is 0. The Labute approximate surface area is 171 Å². The molecule has 30 heavy (non-hydrogen) atoms. The summed E-state index contributed by atoms with van der Waals surface area (Å²) < 4.78 is 37.2. The van der Waals surface area contributed by atoms with Crippen molar-refractivity contribution in [3.05, 3.63) is 52.9 Å². The number of carboxylic acids is 1. The number of carbonyl (C=O) groups is 1. The Morgan fingerprint density at radius 1 is 1.27 bits per heavy atom. The molecule has 2 aromatic rings. The van der Waals surface area contributed by atoms with Crippen LogP contribution < -0.4 is 14.1 Å². The minimum atomic E-state index is -4.02. The van der Waals surface area contributed by atoms with Gasteiger partial charge in [-0.2, -0.15) is 9.04 Å². The predicted octanol–water partition coefficient (Wildman–Crippen LogP) is -0.671. The second kappa shape index (κ2) is 7.13. The van der Waals surface area contributed by atoms with Crippen molar-refractivity contribution in [2.45, 2.75) is 23.9 Å². The molecule has 0 radical (unpaired) electrons. The van der Waals surface area contributed by atoms with E-state index in [9.17, 15) is 33.6 Å². The molecule has 0 spiro atoms. The molecule has 13 heteroatoms. The van der Waals surface area contributed by atoms with Crippen LogP contribution in [0.4, 0.5) is 0 Å². The lowest BCUT2D eigenvalue weighted by atomic mass is 9.70. The number of hydrogen-bond acceptors (Lipinski definition) is 8. The highest BCUT2D eigenvalue weighted by Gasteiger charge is 2.42. The first-order valence-corrected chi connectivity index (χ1v) is 10.6. The van der Waals surface area contributed by atoms with E-state index in [1.54, 1.807) is 6.07 Å². The standard InChI is InChI=1S/C17H18BN2O9S/c21-17(22)15-13(5-4-11-6-7-18(23,24)29-16(11)15)28-12-9-19(10-12)30(26,27)14-3-1-2-8-20(14)25/h1-5,8,12,23-24H,6-7,9-10H2,(H,21,22)/q-1. The van der Waals surface area contributed by atoms with Gasteiger partial charge in [0.25, 0.3) is 0 Å². The third-order valence-corrected chi connectivity index (χ3v) is 6.83. The van der Waals surface area contributed by atoms with Crippen molar-refractivity contribution >= 4 is 22.7 Å². The summed E-state index contributed by atoms with van der Waals surface area (Å²) in [6, 6.07) is 7.04. The largest absolute Gasteiger partial charge is 0.669 e. The summed E-state index contributed by atoms with van der Waals surface area (Å²) in [5.41, 5.74) is 0.144. The van der Waals surface area contributed by atoms with Crippen LogP contribution in [-0.2, 0) is 16.4 Å². The Bertz CT molecular complexity index is 1120. The Morgan fingerprint density at radius 2 is 2.00 bits per heavy atom. The van der Waals surface area contributed by atoms with Gasteiger partial charge in [-0.15, -0.1) is 0 Å². The number of nitrogens with zero attached hydrogens (tertiary/aromatic N) is 2. The van der Waals surface area contributed by atoms with Crippen LogP contribution >= 0.6 is 0 Å². The number of benzene rings is 1. The van der Waals surface area contributed by atoms with Gasteiger partial charge in [-0.05, 0) is 24.1 Å². The van der Waals surface area contributed by atoms with Gasteiger partial charge in [0.1, 0.15) is 17.4 Å². The molecule has 2 aliphatic heterocycles. The van der Waals surface area contributed by atoms with Gasteiger partial charge in [0.2, 0.25) is 0 Å². The van der Waals surface area contributed by atoms with E-state index in [0.29, 0.717) is 5.56 Å². The molecule has 0 aliphatic carbocycles. The number of ether oxygens (including phenoxy) is 1. The zero-order chi connectivity index (χ0) is 21.7. The van der Waals surface area contributed by atoms with Gasteiger partial charge in [0.15, 0.2) is 6.20 Å². The molecule has 0 amide bonds. The quantitative estimate of drug-likeness (QED) is 0.313. The molecular formula is C17H18BN2O9S-. The van der Waals surface area contributed by atoms with Gasteiger partial charge in [-0.25, -0.2) is 13.2 Å². The average Bonchev–Trinajstić information content (AvgIpc) is 2.62. The molecule has 1 aromatic heterocycles. The number of aromatic nitrogens is 1. The molecular weight excluding hydrogens is 419 g/mol. The minimum Gasteiger partial charge on any atom is -0.669 e. The lowest BCUT2D eigenvalue weighted by molar-refractivity contribution is -0.646. The van der Waals surface area contributed by atoms with Crippen molar-refractivity contribution in [2.24, 2.45) is 0 Å². The molecule has 3 heterocycles. The maximum atomic E-state index is 12.6. The zero-order valence-corrected chi connectivity index (χ0v) is 16.4. The summed E-state index contributed by atoms with van der Waals surface area (Å²) in [5.74, 6) is -1.62. The van der Waals surface area contributed by atoms with E-state index in [1.807, 2.05) is 0 Å². The first-order chi connectivity index (χ1) is 14.1. The number of carboxylic acid groups (broad SMARTS) is 1. The number of aromatic carboxylic acids is 1. The summed E-state index contributed by atoms with van der Waals surface area (Å²) in [6.45, 7) is -3.33. The molecule has 0 atom stereocenters. The van der Waals surface area contributed by atoms with Crippen LogP contribution in [0.1, 0.15) is 15.9 Å². The van der Waals surface area contributed by atoms with Gasteiger partial charge in [0, 0.05) is 12.1 Å². The van der Waals surface area contributed by atoms with Crippen LogP contribution in [0.15, 0.2) is 41.6 Å². The summed E-state index contributed by atoms with van der Waals surface area (Å²) in [5, 5.41) is 40.5. The molecule has 1 fully saturated rings. The van der Waals surface area contributed by atoms with Gasteiger partial charge < -0.3 is 29.8 Å². The van der Waals surface area contributed by atoms with Crippen LogP contribution in [0.3, 0.4) is 0 Å². The van der Waals surface area contributed by atoms with Crippen LogP contribution in [0.5, 0.6) is 11.5 Å². The minimum absolute atomic E-state index is 0.0547. The monoisotopic (exact) mass is 437 g/mol. The molecule has 0 unspecified atom stereocenters. The number of aryl methyl sites for hydroxylation is 1. The number of hydrogen-bond donors (Lipinski definition) is 3. The molecule has 0 saturated carbocycles. The molecule has 3 N–H and O–H groups in total. The van der Waals surface area contributed by atoms with Gasteiger partial charge in [-0.1, -0.05) is 12.4 Å². The summed E-state index contributed by atoms with van der Waals surface area (Å²) in [6.07, 6.45) is 0.601. The number of fused-ring (bicyclic) bond motifs is 1. The topological polar surface area (TPSA) is 161 Å². The molecule has 2 aliphatic rings. The summed E-state index contributed by atoms with van der Waals surface area (Å²) in [7, 11) is -4.02. The van der Waals surface area contributed by atoms with Crippen LogP contribution in [0.2, 0.25) is 6.32 Å². The SMILES string of the molecule is O=C(O)c1c(OC2CN(S(=O)(=O)c3cccc[n+]3[O-])C2)ccc2c1O[B-](O)(O)CC2. The van der Waals surface area contributed by atoms with Crippen LogP contribution in [0, 0.1) is 5.21 Å². The lowest BCUT2D eigenvalue weighted by Gasteiger charge is -2.39. The van der Waals surface area contributed by atoms with Crippen LogP contribution in [-0.4, -0.2) is 59.8 Å². The van der Waals surface area contributed by atoms with Crippen molar-refractivity contribution < 1.29 is 42.5 Å². The molecule has 160 valence electrons. The van der Waals surface area contributed by atoms with E-state index in [2.05, 4.69) is 0 Å². The van der Waals surface area contributed by atoms with E-state index in [4.69, 9.17) is 9.39 Å². The van der Waals surface area contributed by atoms with E-state index in [1.165, 1.54) is 24.3 Å². The third kappa shape index (κ3) is 3.56. The van der Waals surface area contributed by atoms with E-state index < -0.39 is 33.9 Å². The number of rotatable bonds is 5. The summed E-state index contributed by atoms with van der Waals surface area (Å²) in [4.78, 5) is 11.8. The highest BCUT2D eigenvalue weighted by molar-refractivity contribution is 7.89. The fourth-order valence-electron chi connectivity index (χ4n) is 3.43. The van der Waals surface area contributed by atoms with Crippen molar-refractivity contribution in [1.82, 2.24) is 4.31 Å². The maximum absolute atomic E-state index is 12.6. The molecule has 4 rings (SSSR count). The zero-order valence-electron chi connectivity index (χ0n) is 15.5. The van der Waals surface area contributed by atoms with Crippen molar-refractivity contribution in [3.63, 3.8) is 0 Å². The molecule has 1 saturated heterocycles. The second-order valence-corrected chi connectivity index (χ2v) is 9.06. The van der Waals surface area contributed by atoms with Crippen LogP contribution in [0.25, 0.3) is 0 Å². The number of sulfonamides is 1. The molecule has 0 bridgehead atoms. The Balaban J connectivity index is 1.53. The van der Waals surface area contributed by atoms with Crippen molar-refractivity contribution in [3.8, 4) is 11.5 Å². The normalized spacial score (nSPS) is 18.7. The second-order valence-electron chi connectivity index (χ2n) is 7.17. The lowest BCUT2D eigenvalue weighted by Crippen LogP contribution is -2.57. The van der Waals surface area contributed by atoms with Gasteiger partial charge >= 0.3 is 27.8 Å². The first-order valence-electron chi connectivity index (χ1n) is 9.12. The fourth-order valence-corrected chi connectivity index (χ4v) is 4.96. The maximum Gasteiger partial charge on any atom is 0.430 e. The van der Waals surface area contributed by atoms with Gasteiger partial charge in [0.05, 0.1) is 18.8 Å². The van der Waals surface area contributed by atoms with E-state index in [-0.39, 0.29) is 47.6 Å². The van der Waals surface area contributed by atoms with Gasteiger partial charge in [-0.3, -0.25) is 0 Å². The first kappa shape index (κ1) is 20.4. The highest BCUT2D eigenvalue weighted by Crippen LogP contribution is 2.39. The third-order valence-electron chi connectivity index (χ3n) is 5.01. The smallest absolute Gasteiger partial charge is 0.430 e. The van der Waals surface area contributed by atoms with Crippen molar-refractivity contribution in [1.29, 1.82) is 0 Å². The molecule has 1 aromatic carbocycles. The Hall–Kier alpha value is -2.87.